The van der Waals surface area contributed by atoms with Crippen LogP contribution in [0, 0.1) is 70.3 Å². The number of pyridine rings is 5. The van der Waals surface area contributed by atoms with Crippen molar-refractivity contribution in [1.29, 1.82) is 0 Å². The Bertz CT molecular complexity index is 4010. The Morgan fingerprint density at radius 2 is 0.674 bits per heavy atom. The summed E-state index contributed by atoms with van der Waals surface area (Å²) in [5, 5.41) is 0. The van der Waals surface area contributed by atoms with Gasteiger partial charge in [-0.1, -0.05) is 0 Å². The van der Waals surface area contributed by atoms with Gasteiger partial charge in [0.1, 0.15) is 23.3 Å². The van der Waals surface area contributed by atoms with Gasteiger partial charge in [0.15, 0.2) is 11.6 Å². The molecular weight excluding hydrogens is 1190 g/mol. The second-order valence-corrected chi connectivity index (χ2v) is 18.0. The average molecular weight is 1240 g/mol. The number of benzene rings is 3. The average Bonchev–Trinajstić information content (AvgIpc) is 1.95. The van der Waals surface area contributed by atoms with Crippen molar-refractivity contribution in [3.63, 3.8) is 0 Å². The highest BCUT2D eigenvalue weighted by atomic mass is 19.2. The van der Waals surface area contributed by atoms with Crippen molar-refractivity contribution in [3.8, 4) is 78.9 Å². The second kappa shape index (κ2) is 30.6. The number of nitrogens with zero attached hydrogens (tertiary/aromatic N) is 10. The first-order chi connectivity index (χ1) is 43.0. The molecule has 15 nitrogen and oxygen atoms in total. The van der Waals surface area contributed by atoms with Gasteiger partial charge in [-0.05, 0) is 137 Å². The summed E-state index contributed by atoms with van der Waals surface area (Å²) in [4.78, 5) is 32.6. The molecule has 27 heteroatoms. The first kappa shape index (κ1) is 65.0. The summed E-state index contributed by atoms with van der Waals surface area (Å²) in [5.74, 6) is -18.9. The fourth-order valence-electron chi connectivity index (χ4n) is 8.45. The van der Waals surface area contributed by atoms with Crippen molar-refractivity contribution < 1.29 is 71.6 Å². The summed E-state index contributed by atoms with van der Waals surface area (Å²) in [6, 6.07) is 28.6. The van der Waals surface area contributed by atoms with E-state index in [0.717, 1.165) is 45.0 Å². The summed E-state index contributed by atoms with van der Waals surface area (Å²) < 4.78 is 182. The fourth-order valence-corrected chi connectivity index (χ4v) is 8.45. The van der Waals surface area contributed by atoms with Crippen molar-refractivity contribution >= 4 is 0 Å². The van der Waals surface area contributed by atoms with E-state index < -0.39 is 82.9 Å². The minimum atomic E-state index is -2.20. The fraction of sp³-hybridized carbons (Fsp3) is 0.161. The predicted octanol–water partition coefficient (Wildman–Crippen LogP) is 15.2. The van der Waals surface area contributed by atoms with Gasteiger partial charge < -0.3 is 23.9 Å². The molecule has 0 fully saturated rings. The van der Waals surface area contributed by atoms with Gasteiger partial charge in [-0.25, -0.2) is 41.3 Å². The zero-order valence-electron chi connectivity index (χ0n) is 47.1. The smallest absolute Gasteiger partial charge is 0.254 e. The molecule has 11 rings (SSSR count). The minimum absolute atomic E-state index is 0.206. The van der Waals surface area contributed by atoms with Crippen molar-refractivity contribution in [2.45, 2.75) is 40.5 Å². The summed E-state index contributed by atoms with van der Waals surface area (Å²) >= 11 is 0. The lowest BCUT2D eigenvalue weighted by Crippen LogP contribution is -2.17. The largest absolute Gasteiger partial charge is 0.337 e. The van der Waals surface area contributed by atoms with Crippen molar-refractivity contribution in [2.24, 2.45) is 0 Å². The molecular formula is C62H49F12N11O4. The lowest BCUT2D eigenvalue weighted by molar-refractivity contribution is -0.185. The Balaban J connectivity index is 0.000000159. The molecule has 0 saturated heterocycles. The molecule has 0 spiro atoms. The Morgan fingerprint density at radius 3 is 1.06 bits per heavy atom. The van der Waals surface area contributed by atoms with E-state index in [-0.39, 0.29) is 17.3 Å². The van der Waals surface area contributed by atoms with Crippen LogP contribution in [-0.4, -0.2) is 80.4 Å². The summed E-state index contributed by atoms with van der Waals surface area (Å²) in [6.07, 6.45) is 12.0. The number of hydrogen-bond acceptors (Lipinski definition) is 12. The van der Waals surface area contributed by atoms with Crippen LogP contribution in [0.4, 0.5) is 52.7 Å². The first-order valence-electron chi connectivity index (χ1n) is 26.7. The minimum Gasteiger partial charge on any atom is -0.337 e. The van der Waals surface area contributed by atoms with Crippen molar-refractivity contribution in [3.05, 3.63) is 229 Å². The number of hydrogen-bond donors (Lipinski definition) is 1. The summed E-state index contributed by atoms with van der Waals surface area (Å²) in [5.41, 5.74) is 7.08. The number of H-pyrrole nitrogens is 1. The van der Waals surface area contributed by atoms with Gasteiger partial charge in [0.2, 0.25) is 30.3 Å². The molecule has 1 N–H and O–H groups in total. The standard InChI is InChI=1S/C19H9F5N4.2C19H20FN3O2.C5F5N/c20-11-3-1-9(2-4-11)15-16(10-5-7-25-8-6-10)27-19(26-15)12-13(21)17(23)28-18(24)14(12)22;1-3-24-19(25-4-2)23-13-22-17(14-9-11-21-12-10-14)18(23)15-5-7-16(20)8-6-15;1-3-24-19(25-4-2)23-13-22-17(14-5-7-16(20)8-6-14)18(23)15-9-11-21-12-10-15;6-1-2(7)4(9)11-5(10)3(1)8/h1-8H,(H,26,27);2*5-13,19H,3-4H2,1-2H3;. The van der Waals surface area contributed by atoms with Gasteiger partial charge in [-0.2, -0.15) is 36.3 Å². The van der Waals surface area contributed by atoms with Crippen LogP contribution in [0.15, 0.2) is 159 Å². The van der Waals surface area contributed by atoms with Gasteiger partial charge in [-0.15, -0.1) is 0 Å². The molecule has 0 bridgehead atoms. The highest BCUT2D eigenvalue weighted by molar-refractivity contribution is 5.82. The molecule has 0 aliphatic rings. The van der Waals surface area contributed by atoms with Crippen LogP contribution < -0.4 is 0 Å². The molecule has 89 heavy (non-hydrogen) atoms. The maximum absolute atomic E-state index is 14.2. The normalized spacial score (nSPS) is 11.0. The number of imidazole rings is 3. The molecule has 8 heterocycles. The predicted molar refractivity (Wildman–Crippen MR) is 301 cm³/mol. The van der Waals surface area contributed by atoms with Crippen LogP contribution in [0.1, 0.15) is 40.5 Å². The highest BCUT2D eigenvalue weighted by Crippen LogP contribution is 2.38. The van der Waals surface area contributed by atoms with Crippen LogP contribution in [0.5, 0.6) is 0 Å². The van der Waals surface area contributed by atoms with Crippen LogP contribution in [-0.2, 0) is 18.9 Å². The number of rotatable bonds is 17. The number of nitrogens with one attached hydrogen (secondary N) is 1. The van der Waals surface area contributed by atoms with Crippen LogP contribution in [0.2, 0.25) is 0 Å². The molecule has 0 amide bonds. The van der Waals surface area contributed by atoms with Gasteiger partial charge >= 0.3 is 0 Å². The van der Waals surface area contributed by atoms with Gasteiger partial charge in [0, 0.05) is 97.0 Å². The van der Waals surface area contributed by atoms with E-state index in [4.69, 9.17) is 18.9 Å². The lowest BCUT2D eigenvalue weighted by atomic mass is 10.1. The zero-order valence-corrected chi connectivity index (χ0v) is 47.1. The summed E-state index contributed by atoms with van der Waals surface area (Å²) in [6.45, 7) is 9.64. The topological polar surface area (TPSA) is 166 Å². The van der Waals surface area contributed by atoms with E-state index in [2.05, 4.69) is 44.9 Å². The Morgan fingerprint density at radius 1 is 0.360 bits per heavy atom. The second-order valence-electron chi connectivity index (χ2n) is 18.0. The molecule has 0 aliphatic heterocycles. The van der Waals surface area contributed by atoms with Crippen molar-refractivity contribution in [2.75, 3.05) is 26.4 Å². The molecule has 3 aromatic carbocycles. The van der Waals surface area contributed by atoms with E-state index in [1.807, 2.05) is 61.1 Å². The Hall–Kier alpha value is -9.96. The SMILES string of the molecule is CCOC(OCC)n1cnc(-c2ccc(F)cc2)c1-c1ccncc1.CCOC(OCC)n1cnc(-c2ccncc2)c1-c1ccc(F)cc1.Fc1ccc(-c2nc(-c3c(F)c(F)nc(F)c3F)[nH]c2-c2ccncc2)cc1.Fc1nc(F)c(F)c(F)c1F. The molecule has 11 aromatic rings. The zero-order chi connectivity index (χ0) is 63.7. The molecule has 0 atom stereocenters. The molecule has 0 radical (unpaired) electrons. The third kappa shape index (κ3) is 15.6. The molecule has 0 aliphatic carbocycles. The molecule has 460 valence electrons. The van der Waals surface area contributed by atoms with E-state index in [9.17, 15) is 52.7 Å². The Labute approximate surface area is 499 Å². The lowest BCUT2D eigenvalue weighted by Gasteiger charge is -2.21. The van der Waals surface area contributed by atoms with E-state index >= 15 is 0 Å². The van der Waals surface area contributed by atoms with Crippen LogP contribution >= 0.6 is 0 Å². The van der Waals surface area contributed by atoms with Crippen LogP contribution in [0.3, 0.4) is 0 Å². The van der Waals surface area contributed by atoms with E-state index in [0.29, 0.717) is 43.2 Å². The summed E-state index contributed by atoms with van der Waals surface area (Å²) in [7, 11) is 0. The highest BCUT2D eigenvalue weighted by Gasteiger charge is 2.28. The van der Waals surface area contributed by atoms with Crippen molar-refractivity contribution in [1.82, 2.24) is 54.0 Å². The van der Waals surface area contributed by atoms with E-state index in [1.165, 1.54) is 60.9 Å². The molecule has 8 aromatic heterocycles. The monoisotopic (exact) mass is 1240 g/mol. The number of halogens is 12. The number of aromatic nitrogens is 11. The molecule has 0 saturated carbocycles. The number of aromatic amines is 1. The Kier molecular flexibility index (Phi) is 22.4. The van der Waals surface area contributed by atoms with Gasteiger partial charge in [0.25, 0.3) is 23.8 Å². The van der Waals surface area contributed by atoms with Crippen LogP contribution in [0.25, 0.3) is 78.9 Å². The maximum atomic E-state index is 14.2. The first-order valence-corrected chi connectivity index (χ1v) is 26.7. The quantitative estimate of drug-likeness (QED) is 0.0522. The third-order valence-electron chi connectivity index (χ3n) is 12.4. The van der Waals surface area contributed by atoms with Gasteiger partial charge in [-0.3, -0.25) is 24.1 Å². The van der Waals surface area contributed by atoms with E-state index in [1.54, 1.807) is 73.8 Å². The van der Waals surface area contributed by atoms with Gasteiger partial charge in [0.05, 0.1) is 52.4 Å². The maximum Gasteiger partial charge on any atom is 0.254 e. The third-order valence-corrected chi connectivity index (χ3v) is 12.4. The molecule has 0 unspecified atom stereocenters. The number of ether oxygens (including phenoxy) is 4.